The van der Waals surface area contributed by atoms with Crippen molar-refractivity contribution in [3.05, 3.63) is 108 Å². The molecule has 1 amide bonds. The topological polar surface area (TPSA) is 59.8 Å². The number of aryl methyl sites for hydroxylation is 1. The number of benzene rings is 3. The Kier molecular flexibility index (Phi) is 6.79. The predicted molar refractivity (Wildman–Crippen MR) is 124 cm³/mol. The molecule has 0 saturated carbocycles. The Balaban J connectivity index is 1.51. The van der Waals surface area contributed by atoms with Gasteiger partial charge < -0.3 is 5.32 Å². The van der Waals surface area contributed by atoms with Gasteiger partial charge in [0, 0.05) is 12.1 Å². The minimum absolute atomic E-state index is 0.0524. The number of amides is 1. The molecule has 31 heavy (non-hydrogen) atoms. The van der Waals surface area contributed by atoms with Crippen molar-refractivity contribution >= 4 is 17.7 Å². The summed E-state index contributed by atoms with van der Waals surface area (Å²) in [7, 11) is 0. The Hall–Kier alpha value is -3.38. The van der Waals surface area contributed by atoms with E-state index in [2.05, 4.69) is 22.4 Å². The van der Waals surface area contributed by atoms with Gasteiger partial charge in [-0.05, 0) is 23.3 Å². The van der Waals surface area contributed by atoms with E-state index in [9.17, 15) is 4.79 Å². The summed E-state index contributed by atoms with van der Waals surface area (Å²) < 4.78 is 2.02. The minimum Gasteiger partial charge on any atom is -0.344 e. The van der Waals surface area contributed by atoms with Gasteiger partial charge in [-0.15, -0.1) is 10.2 Å². The lowest BCUT2D eigenvalue weighted by Gasteiger charge is -2.20. The molecule has 0 aliphatic carbocycles. The summed E-state index contributed by atoms with van der Waals surface area (Å²) in [5.74, 6) is 1.08. The molecule has 0 saturated heterocycles. The average Bonchev–Trinajstić information content (AvgIpc) is 3.26. The second kappa shape index (κ2) is 10.1. The van der Waals surface area contributed by atoms with E-state index < -0.39 is 0 Å². The molecule has 6 heteroatoms. The van der Waals surface area contributed by atoms with Crippen LogP contribution in [0.2, 0.25) is 0 Å². The largest absolute Gasteiger partial charge is 0.344 e. The smallest absolute Gasteiger partial charge is 0.231 e. The summed E-state index contributed by atoms with van der Waals surface area (Å²) in [6.45, 7) is 2.05. The number of nitrogens with zero attached hydrogens (tertiary/aromatic N) is 3. The van der Waals surface area contributed by atoms with E-state index in [1.54, 1.807) is 0 Å². The lowest BCUT2D eigenvalue weighted by atomic mass is 9.99. The Morgan fingerprint density at radius 1 is 0.871 bits per heavy atom. The molecule has 156 valence electrons. The zero-order valence-electron chi connectivity index (χ0n) is 17.3. The first-order valence-electron chi connectivity index (χ1n) is 10.3. The fourth-order valence-corrected chi connectivity index (χ4v) is 4.22. The molecule has 0 spiro atoms. The van der Waals surface area contributed by atoms with Crippen LogP contribution in [-0.4, -0.2) is 26.4 Å². The maximum absolute atomic E-state index is 12.9. The molecule has 3 aromatic carbocycles. The average molecular weight is 429 g/mol. The molecule has 0 unspecified atom stereocenters. The van der Waals surface area contributed by atoms with Crippen LogP contribution in [0.4, 0.5) is 0 Å². The van der Waals surface area contributed by atoms with Gasteiger partial charge in [-0.1, -0.05) is 97.5 Å². The highest BCUT2D eigenvalue weighted by molar-refractivity contribution is 7.99. The van der Waals surface area contributed by atoms with E-state index in [-0.39, 0.29) is 17.7 Å². The molecule has 4 rings (SSSR count). The summed E-state index contributed by atoms with van der Waals surface area (Å²) in [6.07, 6.45) is 0.763. The number of hydrogen-bond acceptors (Lipinski definition) is 4. The number of thioether (sulfide) groups is 1. The first-order valence-corrected chi connectivity index (χ1v) is 11.3. The number of carbonyl (C=O) groups excluding carboxylic acids is 1. The summed E-state index contributed by atoms with van der Waals surface area (Å²) in [6, 6.07) is 29.8. The molecule has 0 aliphatic rings. The van der Waals surface area contributed by atoms with E-state index in [0.29, 0.717) is 5.16 Å². The second-order valence-corrected chi connectivity index (χ2v) is 7.98. The molecule has 4 aromatic rings. The van der Waals surface area contributed by atoms with E-state index in [1.165, 1.54) is 11.8 Å². The normalized spacial score (nSPS) is 10.9. The van der Waals surface area contributed by atoms with Gasteiger partial charge >= 0.3 is 0 Å². The van der Waals surface area contributed by atoms with Gasteiger partial charge in [-0.2, -0.15) is 0 Å². The number of para-hydroxylation sites is 1. The van der Waals surface area contributed by atoms with Gasteiger partial charge in [0.25, 0.3) is 0 Å². The second-order valence-electron chi connectivity index (χ2n) is 7.03. The Morgan fingerprint density at radius 3 is 1.97 bits per heavy atom. The van der Waals surface area contributed by atoms with Gasteiger partial charge in [-0.25, -0.2) is 0 Å². The minimum atomic E-state index is -0.200. The summed E-state index contributed by atoms with van der Waals surface area (Å²) >= 11 is 1.40. The van der Waals surface area contributed by atoms with E-state index >= 15 is 0 Å². The SMILES string of the molecule is CCc1nnc(SCC(=O)NC(c2ccccc2)c2ccccc2)n1-c1ccccc1. The van der Waals surface area contributed by atoms with Crippen molar-refractivity contribution in [3.63, 3.8) is 0 Å². The number of hydrogen-bond donors (Lipinski definition) is 1. The van der Waals surface area contributed by atoms with Crippen molar-refractivity contribution < 1.29 is 4.79 Å². The van der Waals surface area contributed by atoms with Crippen LogP contribution in [0.15, 0.2) is 96.2 Å². The van der Waals surface area contributed by atoms with Crippen molar-refractivity contribution in [2.24, 2.45) is 0 Å². The quantitative estimate of drug-likeness (QED) is 0.409. The molecule has 0 bridgehead atoms. The highest BCUT2D eigenvalue weighted by atomic mass is 32.2. The zero-order chi connectivity index (χ0) is 21.5. The molecular weight excluding hydrogens is 404 g/mol. The van der Waals surface area contributed by atoms with Crippen molar-refractivity contribution in [1.29, 1.82) is 0 Å². The zero-order valence-corrected chi connectivity index (χ0v) is 18.1. The van der Waals surface area contributed by atoms with E-state index in [4.69, 9.17) is 0 Å². The maximum atomic E-state index is 12.9. The molecule has 0 fully saturated rings. The summed E-state index contributed by atoms with van der Waals surface area (Å²) in [5.41, 5.74) is 3.10. The van der Waals surface area contributed by atoms with E-state index in [0.717, 1.165) is 29.1 Å². The van der Waals surface area contributed by atoms with Gasteiger partial charge in [-0.3, -0.25) is 9.36 Å². The van der Waals surface area contributed by atoms with Crippen LogP contribution < -0.4 is 5.32 Å². The Bertz CT molecular complexity index is 1070. The van der Waals surface area contributed by atoms with Crippen molar-refractivity contribution in [2.45, 2.75) is 24.5 Å². The molecule has 5 nitrogen and oxygen atoms in total. The fraction of sp³-hybridized carbons (Fsp3) is 0.160. The van der Waals surface area contributed by atoms with Crippen LogP contribution in [0, 0.1) is 0 Å². The van der Waals surface area contributed by atoms with Gasteiger partial charge in [0.1, 0.15) is 5.82 Å². The van der Waals surface area contributed by atoms with Crippen molar-refractivity contribution in [2.75, 3.05) is 5.75 Å². The predicted octanol–water partition coefficient (Wildman–Crippen LogP) is 4.83. The lowest BCUT2D eigenvalue weighted by molar-refractivity contribution is -0.119. The third-order valence-electron chi connectivity index (χ3n) is 4.93. The number of carbonyl (C=O) groups is 1. The molecule has 1 heterocycles. The molecule has 1 aromatic heterocycles. The summed E-state index contributed by atoms with van der Waals surface area (Å²) in [4.78, 5) is 12.9. The van der Waals surface area contributed by atoms with Crippen molar-refractivity contribution in [1.82, 2.24) is 20.1 Å². The molecular formula is C25H24N4OS. The molecule has 0 atom stereocenters. The molecule has 1 N–H and O–H groups in total. The Morgan fingerprint density at radius 2 is 1.42 bits per heavy atom. The van der Waals surface area contributed by atoms with Gasteiger partial charge in [0.2, 0.25) is 5.91 Å². The first-order chi connectivity index (χ1) is 15.3. The van der Waals surface area contributed by atoms with Crippen LogP contribution in [0.25, 0.3) is 5.69 Å². The van der Waals surface area contributed by atoms with Crippen molar-refractivity contribution in [3.8, 4) is 5.69 Å². The lowest BCUT2D eigenvalue weighted by Crippen LogP contribution is -2.30. The number of nitrogens with one attached hydrogen (secondary N) is 1. The van der Waals surface area contributed by atoms with Crippen LogP contribution in [-0.2, 0) is 11.2 Å². The maximum Gasteiger partial charge on any atom is 0.231 e. The monoisotopic (exact) mass is 428 g/mol. The third-order valence-corrected chi connectivity index (χ3v) is 5.86. The third kappa shape index (κ3) is 5.03. The van der Waals surface area contributed by atoms with E-state index in [1.807, 2.05) is 95.6 Å². The number of rotatable bonds is 8. The highest BCUT2D eigenvalue weighted by Crippen LogP contribution is 2.24. The van der Waals surface area contributed by atoms with Crippen LogP contribution in [0.3, 0.4) is 0 Å². The van der Waals surface area contributed by atoms with Gasteiger partial charge in [0.05, 0.1) is 11.8 Å². The van der Waals surface area contributed by atoms with Crippen LogP contribution in [0.5, 0.6) is 0 Å². The highest BCUT2D eigenvalue weighted by Gasteiger charge is 2.19. The van der Waals surface area contributed by atoms with Crippen LogP contribution in [0.1, 0.15) is 29.9 Å². The number of aromatic nitrogens is 3. The Labute approximate surface area is 186 Å². The molecule has 0 radical (unpaired) electrons. The fourth-order valence-electron chi connectivity index (χ4n) is 3.44. The van der Waals surface area contributed by atoms with Gasteiger partial charge in [0.15, 0.2) is 5.16 Å². The first kappa shape index (κ1) is 20.9. The molecule has 0 aliphatic heterocycles. The standard InChI is InChI=1S/C25H24N4OS/c1-2-22-27-28-25(29(22)21-16-10-5-11-17-21)31-18-23(30)26-24(19-12-6-3-7-13-19)20-14-8-4-9-15-20/h3-17,24H,2,18H2,1H3,(H,26,30). The summed E-state index contributed by atoms with van der Waals surface area (Å²) in [5, 5.41) is 12.5. The van der Waals surface area contributed by atoms with Crippen LogP contribution >= 0.6 is 11.8 Å².